The predicted molar refractivity (Wildman–Crippen MR) is 202 cm³/mol. The molecule has 8 aromatic carbocycles. The van der Waals surface area contributed by atoms with Gasteiger partial charge in [-0.1, -0.05) is 133 Å². The Balaban J connectivity index is 1.24. The summed E-state index contributed by atoms with van der Waals surface area (Å²) in [6, 6.07) is 67.1. The van der Waals surface area contributed by atoms with E-state index in [0.29, 0.717) is 0 Å². The molecule has 1 aromatic heterocycles. The zero-order valence-electron chi connectivity index (χ0n) is 26.3. The van der Waals surface area contributed by atoms with E-state index in [0.717, 1.165) is 44.4 Å². The van der Waals surface area contributed by atoms with Crippen molar-refractivity contribution in [3.8, 4) is 33.4 Å². The SMILES string of the molecule is c1ccc(-c2ccc(N(c3ccc(-c4ccccc4)c(-c4ccccc4)c3)c3ccc4cc5oc6ccccc6c5cc4c3)cc2)cc1. The van der Waals surface area contributed by atoms with Crippen molar-refractivity contribution in [1.29, 1.82) is 0 Å². The standard InChI is InChI=1S/C46H31NO/c1-4-12-32(13-5-1)33-20-23-38(24-21-33)47(39-25-22-36-30-46-44(29-37(36)28-39)42-18-10-11-19-45(42)48-46)40-26-27-41(34-14-6-2-7-15-34)43(31-40)35-16-8-3-9-17-35/h1-31H. The molecule has 0 aliphatic rings. The Bertz CT molecular complexity index is 2530. The van der Waals surface area contributed by atoms with E-state index in [1.54, 1.807) is 0 Å². The molecule has 0 unspecified atom stereocenters. The summed E-state index contributed by atoms with van der Waals surface area (Å²) < 4.78 is 6.22. The number of hydrogen-bond donors (Lipinski definition) is 0. The molecule has 0 spiro atoms. The van der Waals surface area contributed by atoms with Crippen molar-refractivity contribution in [1.82, 2.24) is 0 Å². The number of nitrogens with zero attached hydrogens (tertiary/aromatic N) is 1. The second-order valence-electron chi connectivity index (χ2n) is 12.2. The van der Waals surface area contributed by atoms with Crippen LogP contribution in [0.5, 0.6) is 0 Å². The summed E-state index contributed by atoms with van der Waals surface area (Å²) in [6.07, 6.45) is 0. The van der Waals surface area contributed by atoms with E-state index >= 15 is 0 Å². The summed E-state index contributed by atoms with van der Waals surface area (Å²) in [7, 11) is 0. The van der Waals surface area contributed by atoms with Crippen LogP contribution < -0.4 is 4.90 Å². The Labute approximate surface area is 279 Å². The monoisotopic (exact) mass is 613 g/mol. The lowest BCUT2D eigenvalue weighted by molar-refractivity contribution is 0.669. The number of fused-ring (bicyclic) bond motifs is 4. The highest BCUT2D eigenvalue weighted by molar-refractivity contribution is 6.10. The molecule has 0 amide bonds. The van der Waals surface area contributed by atoms with Crippen LogP contribution in [0.2, 0.25) is 0 Å². The molecule has 0 aliphatic carbocycles. The van der Waals surface area contributed by atoms with Gasteiger partial charge in [0.15, 0.2) is 0 Å². The molecule has 0 saturated carbocycles. The molecule has 0 aliphatic heterocycles. The van der Waals surface area contributed by atoms with Gasteiger partial charge in [0, 0.05) is 27.8 Å². The van der Waals surface area contributed by atoms with E-state index in [9.17, 15) is 0 Å². The van der Waals surface area contributed by atoms with Crippen LogP contribution in [0.3, 0.4) is 0 Å². The molecule has 0 saturated heterocycles. The first-order valence-electron chi connectivity index (χ1n) is 16.3. The van der Waals surface area contributed by atoms with E-state index in [1.165, 1.54) is 38.8 Å². The molecule has 226 valence electrons. The van der Waals surface area contributed by atoms with Gasteiger partial charge in [0.2, 0.25) is 0 Å². The van der Waals surface area contributed by atoms with E-state index in [-0.39, 0.29) is 0 Å². The molecule has 2 heteroatoms. The van der Waals surface area contributed by atoms with Crippen molar-refractivity contribution in [3.05, 3.63) is 188 Å². The average molecular weight is 614 g/mol. The maximum Gasteiger partial charge on any atom is 0.136 e. The van der Waals surface area contributed by atoms with Crippen molar-refractivity contribution in [3.63, 3.8) is 0 Å². The van der Waals surface area contributed by atoms with Gasteiger partial charge in [-0.05, 0) is 98.8 Å². The highest BCUT2D eigenvalue weighted by atomic mass is 16.3. The number of hydrogen-bond acceptors (Lipinski definition) is 2. The zero-order chi connectivity index (χ0) is 31.9. The molecule has 0 radical (unpaired) electrons. The van der Waals surface area contributed by atoms with Crippen molar-refractivity contribution < 1.29 is 4.42 Å². The maximum absolute atomic E-state index is 6.22. The van der Waals surface area contributed by atoms with Crippen LogP contribution >= 0.6 is 0 Å². The second-order valence-corrected chi connectivity index (χ2v) is 12.2. The van der Waals surface area contributed by atoms with Crippen LogP contribution in [0.4, 0.5) is 17.1 Å². The van der Waals surface area contributed by atoms with Gasteiger partial charge in [-0.15, -0.1) is 0 Å². The van der Waals surface area contributed by atoms with Gasteiger partial charge in [-0.3, -0.25) is 0 Å². The van der Waals surface area contributed by atoms with E-state index in [1.807, 2.05) is 12.1 Å². The van der Waals surface area contributed by atoms with Crippen LogP contribution in [0, 0.1) is 0 Å². The predicted octanol–water partition coefficient (Wildman–Crippen LogP) is 13.2. The van der Waals surface area contributed by atoms with Gasteiger partial charge in [0.1, 0.15) is 11.2 Å². The molecule has 2 nitrogen and oxygen atoms in total. The highest BCUT2D eigenvalue weighted by Gasteiger charge is 2.18. The molecule has 48 heavy (non-hydrogen) atoms. The number of rotatable bonds is 6. The minimum absolute atomic E-state index is 0.911. The molecule has 0 atom stereocenters. The Hall–Kier alpha value is -6.38. The van der Waals surface area contributed by atoms with Crippen LogP contribution in [-0.4, -0.2) is 0 Å². The summed E-state index contributed by atoms with van der Waals surface area (Å²) in [5, 5.41) is 4.58. The quantitative estimate of drug-likeness (QED) is 0.185. The fourth-order valence-electron chi connectivity index (χ4n) is 6.87. The summed E-state index contributed by atoms with van der Waals surface area (Å²) in [5.41, 5.74) is 12.3. The van der Waals surface area contributed by atoms with Gasteiger partial charge in [0.05, 0.1) is 0 Å². The largest absolute Gasteiger partial charge is 0.456 e. The number of benzene rings is 8. The smallest absolute Gasteiger partial charge is 0.136 e. The Kier molecular flexibility index (Phi) is 6.84. The number of para-hydroxylation sites is 1. The van der Waals surface area contributed by atoms with Gasteiger partial charge >= 0.3 is 0 Å². The lowest BCUT2D eigenvalue weighted by Crippen LogP contribution is -2.10. The van der Waals surface area contributed by atoms with Gasteiger partial charge in [-0.2, -0.15) is 0 Å². The molecule has 0 N–H and O–H groups in total. The van der Waals surface area contributed by atoms with Crippen LogP contribution in [0.1, 0.15) is 0 Å². The Morgan fingerprint density at radius 1 is 0.312 bits per heavy atom. The minimum Gasteiger partial charge on any atom is -0.456 e. The van der Waals surface area contributed by atoms with E-state index in [2.05, 4.69) is 181 Å². The molecule has 1 heterocycles. The highest BCUT2D eigenvalue weighted by Crippen LogP contribution is 2.42. The molecule has 9 rings (SSSR count). The third kappa shape index (κ3) is 5.01. The van der Waals surface area contributed by atoms with E-state index < -0.39 is 0 Å². The number of furan rings is 1. The first-order chi connectivity index (χ1) is 23.8. The summed E-state index contributed by atoms with van der Waals surface area (Å²) in [5.74, 6) is 0. The zero-order valence-corrected chi connectivity index (χ0v) is 26.3. The van der Waals surface area contributed by atoms with Crippen molar-refractivity contribution in [2.24, 2.45) is 0 Å². The first-order valence-corrected chi connectivity index (χ1v) is 16.3. The minimum atomic E-state index is 0.911. The van der Waals surface area contributed by atoms with Crippen molar-refractivity contribution >= 4 is 49.8 Å². The summed E-state index contributed by atoms with van der Waals surface area (Å²) >= 11 is 0. The maximum atomic E-state index is 6.22. The normalized spacial score (nSPS) is 11.3. The second kappa shape index (κ2) is 11.8. The molecular weight excluding hydrogens is 583 g/mol. The fraction of sp³-hybridized carbons (Fsp3) is 0. The third-order valence-electron chi connectivity index (χ3n) is 9.24. The van der Waals surface area contributed by atoms with Crippen LogP contribution in [0.25, 0.3) is 66.1 Å². The first kappa shape index (κ1) is 27.9. The average Bonchev–Trinajstić information content (AvgIpc) is 3.52. The molecule has 9 aromatic rings. The van der Waals surface area contributed by atoms with Crippen LogP contribution in [0.15, 0.2) is 192 Å². The van der Waals surface area contributed by atoms with E-state index in [4.69, 9.17) is 4.42 Å². The third-order valence-corrected chi connectivity index (χ3v) is 9.24. The molecule has 0 fully saturated rings. The Morgan fingerprint density at radius 3 is 1.60 bits per heavy atom. The Morgan fingerprint density at radius 2 is 0.875 bits per heavy atom. The van der Waals surface area contributed by atoms with Gasteiger partial charge in [0.25, 0.3) is 0 Å². The van der Waals surface area contributed by atoms with Crippen molar-refractivity contribution in [2.45, 2.75) is 0 Å². The fourth-order valence-corrected chi connectivity index (χ4v) is 6.87. The lowest BCUT2D eigenvalue weighted by Gasteiger charge is -2.27. The topological polar surface area (TPSA) is 16.4 Å². The summed E-state index contributed by atoms with van der Waals surface area (Å²) in [4.78, 5) is 2.37. The van der Waals surface area contributed by atoms with Gasteiger partial charge in [-0.25, -0.2) is 0 Å². The van der Waals surface area contributed by atoms with Crippen molar-refractivity contribution in [2.75, 3.05) is 4.90 Å². The molecular formula is C46H31NO. The lowest BCUT2D eigenvalue weighted by atomic mass is 9.93. The number of anilines is 3. The summed E-state index contributed by atoms with van der Waals surface area (Å²) in [6.45, 7) is 0. The molecule has 0 bridgehead atoms. The van der Waals surface area contributed by atoms with Crippen LogP contribution in [-0.2, 0) is 0 Å². The van der Waals surface area contributed by atoms with Gasteiger partial charge < -0.3 is 9.32 Å².